The molecule has 0 amide bonds. The zero-order chi connectivity index (χ0) is 11.9. The smallest absolute Gasteiger partial charge is 0.310 e. The Kier molecular flexibility index (Phi) is 4.50. The molecule has 4 nitrogen and oxygen atoms in total. The fourth-order valence-corrected chi connectivity index (χ4v) is 1.85. The van der Waals surface area contributed by atoms with Crippen LogP contribution in [0.3, 0.4) is 0 Å². The summed E-state index contributed by atoms with van der Waals surface area (Å²) in [5.74, 6) is -0.216. The lowest BCUT2D eigenvalue weighted by Crippen LogP contribution is -2.26. The summed E-state index contributed by atoms with van der Waals surface area (Å²) >= 11 is 0. The number of aromatic nitrogens is 1. The number of esters is 1. The topological polar surface area (TPSA) is 48.4 Å². The van der Waals surface area contributed by atoms with E-state index < -0.39 is 0 Å². The van der Waals surface area contributed by atoms with Crippen molar-refractivity contribution in [2.45, 2.75) is 31.8 Å². The van der Waals surface area contributed by atoms with Crippen LogP contribution in [0.4, 0.5) is 0 Å². The van der Waals surface area contributed by atoms with Gasteiger partial charge in [0.1, 0.15) is 6.61 Å². The minimum absolute atomic E-state index is 0.0848. The molecule has 2 heterocycles. The predicted octanol–water partition coefficient (Wildman–Crippen LogP) is 1.74. The molecule has 1 fully saturated rings. The molecule has 1 aliphatic heterocycles. The number of nitrogens with zero attached hydrogens (tertiary/aromatic N) is 1. The molecule has 0 aromatic carbocycles. The quantitative estimate of drug-likeness (QED) is 0.746. The Hall–Kier alpha value is -1.42. The van der Waals surface area contributed by atoms with Crippen molar-refractivity contribution in [3.05, 3.63) is 30.1 Å². The van der Waals surface area contributed by atoms with E-state index in [4.69, 9.17) is 9.47 Å². The first-order valence-electron chi connectivity index (χ1n) is 6.01. The van der Waals surface area contributed by atoms with Crippen molar-refractivity contribution in [3.63, 3.8) is 0 Å². The lowest BCUT2D eigenvalue weighted by Gasteiger charge is -2.22. The van der Waals surface area contributed by atoms with Crippen LogP contribution in [0.25, 0.3) is 0 Å². The maximum Gasteiger partial charge on any atom is 0.310 e. The van der Waals surface area contributed by atoms with E-state index in [1.807, 2.05) is 12.1 Å². The highest BCUT2D eigenvalue weighted by molar-refractivity contribution is 5.72. The molecule has 4 heteroatoms. The van der Waals surface area contributed by atoms with Crippen LogP contribution in [0.15, 0.2) is 24.5 Å². The fourth-order valence-electron chi connectivity index (χ4n) is 1.85. The Morgan fingerprint density at radius 3 is 3.18 bits per heavy atom. The van der Waals surface area contributed by atoms with Gasteiger partial charge in [0.2, 0.25) is 0 Å². The van der Waals surface area contributed by atoms with Crippen LogP contribution in [0.1, 0.15) is 24.8 Å². The van der Waals surface area contributed by atoms with Gasteiger partial charge in [-0.1, -0.05) is 6.07 Å². The average molecular weight is 235 g/mol. The molecule has 17 heavy (non-hydrogen) atoms. The number of rotatable bonds is 4. The maximum atomic E-state index is 11.5. The Labute approximate surface area is 101 Å². The zero-order valence-corrected chi connectivity index (χ0v) is 9.80. The number of carbonyl (C=O) groups excluding carboxylic acids is 1. The van der Waals surface area contributed by atoms with Gasteiger partial charge in [0.15, 0.2) is 0 Å². The number of carbonyl (C=O) groups is 1. The highest BCUT2D eigenvalue weighted by Gasteiger charge is 2.16. The van der Waals surface area contributed by atoms with Crippen LogP contribution in [0, 0.1) is 0 Å². The Bertz CT molecular complexity index is 347. The van der Waals surface area contributed by atoms with Crippen molar-refractivity contribution in [3.8, 4) is 0 Å². The minimum atomic E-state index is -0.216. The number of hydrogen-bond donors (Lipinski definition) is 0. The van der Waals surface area contributed by atoms with E-state index in [2.05, 4.69) is 4.98 Å². The van der Waals surface area contributed by atoms with Crippen LogP contribution in [0.2, 0.25) is 0 Å². The van der Waals surface area contributed by atoms with Crippen LogP contribution < -0.4 is 0 Å². The highest BCUT2D eigenvalue weighted by Crippen LogP contribution is 2.13. The molecule has 2 rings (SSSR count). The molecule has 1 saturated heterocycles. The van der Waals surface area contributed by atoms with E-state index >= 15 is 0 Å². The van der Waals surface area contributed by atoms with Gasteiger partial charge in [0.25, 0.3) is 0 Å². The van der Waals surface area contributed by atoms with E-state index in [0.717, 1.165) is 31.4 Å². The Morgan fingerprint density at radius 1 is 1.53 bits per heavy atom. The van der Waals surface area contributed by atoms with Crippen molar-refractivity contribution in [1.82, 2.24) is 4.98 Å². The van der Waals surface area contributed by atoms with Crippen LogP contribution in [0.5, 0.6) is 0 Å². The highest BCUT2D eigenvalue weighted by atomic mass is 16.6. The first-order valence-corrected chi connectivity index (χ1v) is 6.01. The van der Waals surface area contributed by atoms with Gasteiger partial charge in [0, 0.05) is 19.0 Å². The van der Waals surface area contributed by atoms with Crippen molar-refractivity contribution in [2.75, 3.05) is 13.2 Å². The first-order chi connectivity index (χ1) is 8.34. The second-order valence-corrected chi connectivity index (χ2v) is 4.21. The minimum Gasteiger partial charge on any atom is -0.463 e. The summed E-state index contributed by atoms with van der Waals surface area (Å²) < 4.78 is 10.7. The van der Waals surface area contributed by atoms with Gasteiger partial charge in [-0.2, -0.15) is 0 Å². The summed E-state index contributed by atoms with van der Waals surface area (Å²) in [4.78, 5) is 15.5. The summed E-state index contributed by atoms with van der Waals surface area (Å²) in [6.07, 6.45) is 6.98. The second-order valence-electron chi connectivity index (χ2n) is 4.21. The third-order valence-electron chi connectivity index (χ3n) is 2.78. The molecule has 0 radical (unpaired) electrons. The summed E-state index contributed by atoms with van der Waals surface area (Å²) in [5, 5.41) is 0. The Balaban J connectivity index is 1.70. The molecular weight excluding hydrogens is 218 g/mol. The van der Waals surface area contributed by atoms with E-state index in [9.17, 15) is 4.79 Å². The SMILES string of the molecule is O=C(Cc1cccnc1)OCC1CCCCO1. The molecule has 1 aromatic heterocycles. The standard InChI is InChI=1S/C13H17NO3/c15-13(8-11-4-3-6-14-9-11)17-10-12-5-1-2-7-16-12/h3-4,6,9,12H,1-2,5,7-8,10H2. The van der Waals surface area contributed by atoms with Gasteiger partial charge in [-0.05, 0) is 30.9 Å². The molecule has 0 bridgehead atoms. The summed E-state index contributed by atoms with van der Waals surface area (Å²) in [5.41, 5.74) is 0.877. The molecule has 0 N–H and O–H groups in total. The molecular formula is C13H17NO3. The lowest BCUT2D eigenvalue weighted by molar-refractivity contribution is -0.148. The first kappa shape index (κ1) is 12.0. The average Bonchev–Trinajstić information content (AvgIpc) is 2.39. The van der Waals surface area contributed by atoms with Crippen molar-refractivity contribution in [1.29, 1.82) is 0 Å². The van der Waals surface area contributed by atoms with Crippen molar-refractivity contribution < 1.29 is 14.3 Å². The van der Waals surface area contributed by atoms with Gasteiger partial charge in [0.05, 0.1) is 12.5 Å². The van der Waals surface area contributed by atoms with Crippen molar-refractivity contribution >= 4 is 5.97 Å². The van der Waals surface area contributed by atoms with Crippen LogP contribution >= 0.6 is 0 Å². The molecule has 0 spiro atoms. The third kappa shape index (κ3) is 4.15. The second kappa shape index (κ2) is 6.35. The van der Waals surface area contributed by atoms with Gasteiger partial charge in [-0.3, -0.25) is 9.78 Å². The molecule has 1 atom stereocenters. The molecule has 92 valence electrons. The van der Waals surface area contributed by atoms with E-state index in [0.29, 0.717) is 6.61 Å². The fraction of sp³-hybridized carbons (Fsp3) is 0.538. The summed E-state index contributed by atoms with van der Waals surface area (Å²) in [7, 11) is 0. The predicted molar refractivity (Wildman–Crippen MR) is 62.5 cm³/mol. The van der Waals surface area contributed by atoms with Gasteiger partial charge in [-0.25, -0.2) is 0 Å². The molecule has 1 aromatic rings. The van der Waals surface area contributed by atoms with Gasteiger partial charge >= 0.3 is 5.97 Å². The molecule has 1 aliphatic rings. The van der Waals surface area contributed by atoms with E-state index in [1.54, 1.807) is 12.4 Å². The van der Waals surface area contributed by atoms with Gasteiger partial charge in [-0.15, -0.1) is 0 Å². The largest absolute Gasteiger partial charge is 0.463 e. The summed E-state index contributed by atoms with van der Waals surface area (Å²) in [6, 6.07) is 3.68. The third-order valence-corrected chi connectivity index (χ3v) is 2.78. The number of ether oxygens (including phenoxy) is 2. The molecule has 0 aliphatic carbocycles. The zero-order valence-electron chi connectivity index (χ0n) is 9.80. The molecule has 1 unspecified atom stereocenters. The maximum absolute atomic E-state index is 11.5. The number of pyridine rings is 1. The molecule has 0 saturated carbocycles. The Morgan fingerprint density at radius 2 is 2.47 bits per heavy atom. The van der Waals surface area contributed by atoms with Crippen molar-refractivity contribution in [2.24, 2.45) is 0 Å². The van der Waals surface area contributed by atoms with Gasteiger partial charge < -0.3 is 9.47 Å². The normalized spacial score (nSPS) is 19.9. The van der Waals surface area contributed by atoms with Crippen LogP contribution in [-0.4, -0.2) is 30.3 Å². The van der Waals surface area contributed by atoms with E-state index in [-0.39, 0.29) is 18.5 Å². The van der Waals surface area contributed by atoms with Crippen LogP contribution in [-0.2, 0) is 20.7 Å². The van der Waals surface area contributed by atoms with E-state index in [1.165, 1.54) is 0 Å². The summed E-state index contributed by atoms with van der Waals surface area (Å²) in [6.45, 7) is 1.16. The monoisotopic (exact) mass is 235 g/mol. The number of hydrogen-bond acceptors (Lipinski definition) is 4. The lowest BCUT2D eigenvalue weighted by atomic mass is 10.1.